The number of ether oxygens (including phenoxy) is 1. The van der Waals surface area contributed by atoms with Crippen LogP contribution in [0.1, 0.15) is 29.9 Å². The highest BCUT2D eigenvalue weighted by Crippen LogP contribution is 2.33. The first-order valence-corrected chi connectivity index (χ1v) is 9.06. The van der Waals surface area contributed by atoms with E-state index in [0.29, 0.717) is 0 Å². The van der Waals surface area contributed by atoms with Gasteiger partial charge in [-0.15, -0.1) is 0 Å². The van der Waals surface area contributed by atoms with Gasteiger partial charge < -0.3 is 9.64 Å². The molecule has 5 nitrogen and oxygen atoms in total. The number of rotatable bonds is 3. The van der Waals surface area contributed by atoms with E-state index < -0.39 is 12.1 Å². The van der Waals surface area contributed by atoms with E-state index >= 15 is 0 Å². The third-order valence-corrected chi connectivity index (χ3v) is 5.43. The van der Waals surface area contributed by atoms with Crippen LogP contribution in [0.2, 0.25) is 15.1 Å². The van der Waals surface area contributed by atoms with Gasteiger partial charge in [0.25, 0.3) is 5.91 Å². The van der Waals surface area contributed by atoms with Gasteiger partial charge >= 0.3 is 5.97 Å². The lowest BCUT2D eigenvalue weighted by molar-refractivity contribution is -0.126. The molecule has 0 aliphatic carbocycles. The molecule has 0 bridgehead atoms. The quantitative estimate of drug-likeness (QED) is 0.692. The van der Waals surface area contributed by atoms with E-state index in [1.807, 2.05) is 31.2 Å². The summed E-state index contributed by atoms with van der Waals surface area (Å²) in [6, 6.07) is 7.64. The Morgan fingerprint density at radius 3 is 2.65 bits per heavy atom. The first-order chi connectivity index (χ1) is 12.3. The van der Waals surface area contributed by atoms with Crippen LogP contribution in [0.25, 0.3) is 0 Å². The highest BCUT2D eigenvalue weighted by Gasteiger charge is 2.35. The lowest BCUT2D eigenvalue weighted by atomic mass is 10.1. The number of fused-ring (bicyclic) bond motifs is 1. The number of carbonyl (C=O) groups excluding carboxylic acids is 2. The number of hydrogen-bond acceptors (Lipinski definition) is 4. The van der Waals surface area contributed by atoms with Gasteiger partial charge in [0.1, 0.15) is 0 Å². The number of para-hydroxylation sites is 1. The molecule has 2 atom stereocenters. The molecule has 0 unspecified atom stereocenters. The highest BCUT2D eigenvalue weighted by atomic mass is 35.5. The summed E-state index contributed by atoms with van der Waals surface area (Å²) in [6.45, 7) is 3.46. The fraction of sp³-hybridized carbons (Fsp3) is 0.278. The van der Waals surface area contributed by atoms with Gasteiger partial charge in [0.15, 0.2) is 11.8 Å². The molecular weight excluding hydrogens is 399 g/mol. The SMILES string of the molecule is C[C@@H](OC(=O)c1ncc(Cl)c(Cl)c1Cl)C(=O)N1c2ccccc2C[C@@H]1C. The van der Waals surface area contributed by atoms with Crippen LogP contribution in [0.5, 0.6) is 0 Å². The van der Waals surface area contributed by atoms with E-state index in [4.69, 9.17) is 39.5 Å². The first kappa shape index (κ1) is 19.0. The van der Waals surface area contributed by atoms with Crippen LogP contribution in [0, 0.1) is 0 Å². The van der Waals surface area contributed by atoms with E-state index in [1.165, 1.54) is 13.1 Å². The summed E-state index contributed by atoms with van der Waals surface area (Å²) in [5.41, 5.74) is 1.73. The van der Waals surface area contributed by atoms with Crippen molar-refractivity contribution in [1.82, 2.24) is 4.98 Å². The summed E-state index contributed by atoms with van der Waals surface area (Å²) in [7, 11) is 0. The molecule has 3 rings (SSSR count). The maximum atomic E-state index is 12.8. The molecule has 0 N–H and O–H groups in total. The molecule has 2 heterocycles. The summed E-state index contributed by atoms with van der Waals surface area (Å²) >= 11 is 17.7. The summed E-state index contributed by atoms with van der Waals surface area (Å²) in [6.07, 6.45) is 0.948. The van der Waals surface area contributed by atoms with Gasteiger partial charge in [-0.2, -0.15) is 0 Å². The van der Waals surface area contributed by atoms with Crippen LogP contribution >= 0.6 is 34.8 Å². The lowest BCUT2D eigenvalue weighted by Crippen LogP contribution is -2.43. The van der Waals surface area contributed by atoms with Crippen molar-refractivity contribution >= 4 is 52.4 Å². The second-order valence-electron chi connectivity index (χ2n) is 6.02. The molecule has 0 radical (unpaired) electrons. The number of nitrogens with zero attached hydrogens (tertiary/aromatic N) is 2. The predicted octanol–water partition coefficient (Wildman–Crippen LogP) is 4.56. The number of pyridine rings is 1. The lowest BCUT2D eigenvalue weighted by Gasteiger charge is -2.25. The van der Waals surface area contributed by atoms with Crippen molar-refractivity contribution < 1.29 is 14.3 Å². The average Bonchev–Trinajstić information content (AvgIpc) is 2.94. The van der Waals surface area contributed by atoms with E-state index in [0.717, 1.165) is 17.7 Å². The van der Waals surface area contributed by atoms with Crippen LogP contribution in [0.4, 0.5) is 5.69 Å². The molecule has 1 aliphatic rings. The minimum atomic E-state index is -1.01. The number of amides is 1. The number of benzene rings is 1. The summed E-state index contributed by atoms with van der Waals surface area (Å²) in [4.78, 5) is 30.7. The molecule has 1 aliphatic heterocycles. The maximum Gasteiger partial charge on any atom is 0.359 e. The molecule has 1 aromatic heterocycles. The van der Waals surface area contributed by atoms with Gasteiger partial charge in [0.2, 0.25) is 0 Å². The zero-order chi connectivity index (χ0) is 19.0. The predicted molar refractivity (Wildman–Crippen MR) is 101 cm³/mol. The fourth-order valence-corrected chi connectivity index (χ4v) is 3.51. The van der Waals surface area contributed by atoms with Crippen molar-refractivity contribution in [2.45, 2.75) is 32.4 Å². The molecule has 0 saturated heterocycles. The normalized spacial score (nSPS) is 17.0. The average molecular weight is 414 g/mol. The topological polar surface area (TPSA) is 59.5 Å². The Bertz CT molecular complexity index is 888. The van der Waals surface area contributed by atoms with Gasteiger partial charge in [-0.1, -0.05) is 53.0 Å². The second-order valence-corrected chi connectivity index (χ2v) is 7.18. The standard InChI is InChI=1S/C18H15Cl3N2O3/c1-9-7-11-5-3-4-6-13(11)23(9)17(24)10(2)26-18(25)16-15(21)14(20)12(19)8-22-16/h3-6,8-10H,7H2,1-2H3/t9-,10+/m0/s1. The van der Waals surface area contributed by atoms with Gasteiger partial charge in [-0.25, -0.2) is 9.78 Å². The van der Waals surface area contributed by atoms with E-state index in [2.05, 4.69) is 4.98 Å². The third kappa shape index (κ3) is 3.39. The van der Waals surface area contributed by atoms with Gasteiger partial charge in [0.05, 0.1) is 15.1 Å². The van der Waals surface area contributed by atoms with Crippen LogP contribution in [0.3, 0.4) is 0 Å². The van der Waals surface area contributed by atoms with Crippen LogP contribution in [-0.2, 0) is 16.0 Å². The Morgan fingerprint density at radius 1 is 1.23 bits per heavy atom. The Balaban J connectivity index is 1.78. The van der Waals surface area contributed by atoms with Gasteiger partial charge in [0, 0.05) is 17.9 Å². The number of esters is 1. The highest BCUT2D eigenvalue weighted by molar-refractivity contribution is 6.48. The summed E-state index contributed by atoms with van der Waals surface area (Å²) in [5.74, 6) is -1.15. The number of hydrogen-bond donors (Lipinski definition) is 0. The molecule has 8 heteroatoms. The van der Waals surface area contributed by atoms with E-state index in [1.54, 1.807) is 4.90 Å². The molecule has 136 valence electrons. The molecule has 0 spiro atoms. The smallest absolute Gasteiger partial charge is 0.359 e. The fourth-order valence-electron chi connectivity index (χ4n) is 2.95. The summed E-state index contributed by atoms with van der Waals surface area (Å²) < 4.78 is 5.27. The number of halogens is 3. The Morgan fingerprint density at radius 2 is 1.92 bits per heavy atom. The zero-order valence-electron chi connectivity index (χ0n) is 14.0. The maximum absolute atomic E-state index is 12.8. The molecule has 1 aromatic carbocycles. The molecule has 0 saturated carbocycles. The monoisotopic (exact) mass is 412 g/mol. The summed E-state index contributed by atoms with van der Waals surface area (Å²) in [5, 5.41) is 0.0277. The first-order valence-electron chi connectivity index (χ1n) is 7.92. The number of carbonyl (C=O) groups is 2. The van der Waals surface area contributed by atoms with Gasteiger partial charge in [-0.3, -0.25) is 4.79 Å². The third-order valence-electron chi connectivity index (χ3n) is 4.19. The Kier molecular flexibility index (Phi) is 5.42. The molecular formula is C18H15Cl3N2O3. The van der Waals surface area contributed by atoms with Crippen LogP contribution in [-0.4, -0.2) is 29.0 Å². The Hall–Kier alpha value is -1.82. The van der Waals surface area contributed by atoms with Crippen molar-refractivity contribution in [3.63, 3.8) is 0 Å². The van der Waals surface area contributed by atoms with Crippen molar-refractivity contribution in [1.29, 1.82) is 0 Å². The van der Waals surface area contributed by atoms with Crippen LogP contribution < -0.4 is 4.90 Å². The van der Waals surface area contributed by atoms with E-state index in [9.17, 15) is 9.59 Å². The number of anilines is 1. The zero-order valence-corrected chi connectivity index (χ0v) is 16.3. The largest absolute Gasteiger partial charge is 0.448 e. The molecule has 0 fully saturated rings. The van der Waals surface area contributed by atoms with Crippen molar-refractivity contribution in [2.75, 3.05) is 4.90 Å². The van der Waals surface area contributed by atoms with Crippen molar-refractivity contribution in [2.24, 2.45) is 0 Å². The number of aromatic nitrogens is 1. The molecule has 2 aromatic rings. The Labute approximate surface area is 165 Å². The van der Waals surface area contributed by atoms with Gasteiger partial charge in [-0.05, 0) is 31.9 Å². The molecule has 1 amide bonds. The minimum Gasteiger partial charge on any atom is -0.448 e. The van der Waals surface area contributed by atoms with Crippen molar-refractivity contribution in [3.8, 4) is 0 Å². The second kappa shape index (κ2) is 7.43. The van der Waals surface area contributed by atoms with Crippen molar-refractivity contribution in [3.05, 3.63) is 56.8 Å². The van der Waals surface area contributed by atoms with Crippen LogP contribution in [0.15, 0.2) is 30.5 Å². The van der Waals surface area contributed by atoms with E-state index in [-0.39, 0.29) is 32.7 Å². The molecule has 26 heavy (non-hydrogen) atoms. The minimum absolute atomic E-state index is 0.0105.